The van der Waals surface area contributed by atoms with Crippen LogP contribution in [0.1, 0.15) is 47.4 Å². The lowest BCUT2D eigenvalue weighted by Gasteiger charge is -2.13. The summed E-state index contributed by atoms with van der Waals surface area (Å²) in [4.78, 5) is 21.2. The fourth-order valence-corrected chi connectivity index (χ4v) is 3.36. The van der Waals surface area contributed by atoms with Crippen molar-refractivity contribution >= 4 is 39.5 Å². The summed E-state index contributed by atoms with van der Waals surface area (Å²) < 4.78 is 0. The van der Waals surface area contributed by atoms with Crippen LogP contribution in [-0.2, 0) is 0 Å². The first-order valence-corrected chi connectivity index (χ1v) is 8.55. The maximum Gasteiger partial charge on any atom is 0.265 e. The van der Waals surface area contributed by atoms with Gasteiger partial charge in [0.25, 0.3) is 5.91 Å². The average molecular weight is 325 g/mol. The Labute approximate surface area is 131 Å². The summed E-state index contributed by atoms with van der Waals surface area (Å²) in [5.41, 5.74) is 5.84. The lowest BCUT2D eigenvalue weighted by atomic mass is 10.2. The number of rotatable bonds is 7. The highest BCUT2D eigenvalue weighted by Crippen LogP contribution is 2.26. The van der Waals surface area contributed by atoms with Gasteiger partial charge in [0.2, 0.25) is 0 Å². The normalized spacial score (nSPS) is 12.1. The van der Waals surface area contributed by atoms with E-state index in [4.69, 9.17) is 5.73 Å². The number of carbonyl (C=O) groups is 1. The summed E-state index contributed by atoms with van der Waals surface area (Å²) in [6.45, 7) is 4.89. The first-order chi connectivity index (χ1) is 10.2. The van der Waals surface area contributed by atoms with Crippen LogP contribution in [0.5, 0.6) is 0 Å². The molecule has 0 fully saturated rings. The van der Waals surface area contributed by atoms with Gasteiger partial charge in [-0.2, -0.15) is 0 Å². The van der Waals surface area contributed by atoms with E-state index < -0.39 is 0 Å². The molecule has 0 aliphatic heterocycles. The van der Waals surface area contributed by atoms with Crippen LogP contribution in [0.25, 0.3) is 0 Å². The molecule has 0 aromatic carbocycles. The van der Waals surface area contributed by atoms with Crippen molar-refractivity contribution in [1.29, 1.82) is 0 Å². The van der Waals surface area contributed by atoms with E-state index in [9.17, 15) is 4.79 Å². The monoisotopic (exact) mass is 325 g/mol. The highest BCUT2D eigenvalue weighted by atomic mass is 32.1. The third-order valence-corrected chi connectivity index (χ3v) is 4.77. The molecule has 2 heterocycles. The summed E-state index contributed by atoms with van der Waals surface area (Å²) in [5.74, 6) is 0.0710. The zero-order valence-corrected chi connectivity index (χ0v) is 13.7. The van der Waals surface area contributed by atoms with Gasteiger partial charge < -0.3 is 16.4 Å². The number of nitrogens with one attached hydrogen (secondary N) is 2. The Kier molecular flexibility index (Phi) is 5.51. The van der Waals surface area contributed by atoms with Gasteiger partial charge in [-0.15, -0.1) is 11.3 Å². The number of carbonyl (C=O) groups excluding carboxylic acids is 1. The fraction of sp³-hybridized carbons (Fsp3) is 0.462. The van der Waals surface area contributed by atoms with Gasteiger partial charge in [0.05, 0.1) is 6.04 Å². The molecule has 2 aromatic heterocycles. The van der Waals surface area contributed by atoms with Crippen LogP contribution in [-0.4, -0.2) is 22.4 Å². The minimum atomic E-state index is -0.198. The number of hydrogen-bond acceptors (Lipinski definition) is 7. The topological polar surface area (TPSA) is 92.9 Å². The highest BCUT2D eigenvalue weighted by Gasteiger charge is 2.20. The third-order valence-electron chi connectivity index (χ3n) is 2.85. The molecule has 0 bridgehead atoms. The fourth-order valence-electron chi connectivity index (χ4n) is 1.77. The van der Waals surface area contributed by atoms with Gasteiger partial charge >= 0.3 is 0 Å². The highest BCUT2D eigenvalue weighted by molar-refractivity contribution is 7.18. The van der Waals surface area contributed by atoms with Crippen molar-refractivity contribution in [3.8, 4) is 0 Å². The SMILES string of the molecule is CCCNc1nc(N)c(C(=O)NC(CC)c2nccs2)s1. The molecule has 1 unspecified atom stereocenters. The summed E-state index contributed by atoms with van der Waals surface area (Å²) >= 11 is 2.81. The molecule has 0 aliphatic rings. The lowest BCUT2D eigenvalue weighted by molar-refractivity contribution is 0.0940. The number of aromatic nitrogens is 2. The summed E-state index contributed by atoms with van der Waals surface area (Å²) in [6, 6.07) is -0.0916. The second kappa shape index (κ2) is 7.37. The van der Waals surface area contributed by atoms with E-state index in [2.05, 4.69) is 27.5 Å². The first-order valence-electron chi connectivity index (χ1n) is 6.86. The van der Waals surface area contributed by atoms with Crippen molar-refractivity contribution in [2.24, 2.45) is 0 Å². The number of anilines is 2. The van der Waals surface area contributed by atoms with Crippen LogP contribution in [0.2, 0.25) is 0 Å². The van der Waals surface area contributed by atoms with E-state index >= 15 is 0 Å². The predicted octanol–water partition coefficient (Wildman–Crippen LogP) is 2.88. The molecule has 1 atom stereocenters. The Morgan fingerprint density at radius 2 is 2.29 bits per heavy atom. The Morgan fingerprint density at radius 3 is 2.90 bits per heavy atom. The van der Waals surface area contributed by atoms with Crippen molar-refractivity contribution in [3.63, 3.8) is 0 Å². The number of hydrogen-bond donors (Lipinski definition) is 3. The minimum Gasteiger partial charge on any atom is -0.382 e. The molecule has 0 aliphatic carbocycles. The number of nitrogens with two attached hydrogens (primary N) is 1. The Balaban J connectivity index is 2.07. The molecule has 2 aromatic rings. The smallest absolute Gasteiger partial charge is 0.265 e. The average Bonchev–Trinajstić information content (AvgIpc) is 3.12. The molecule has 4 N–H and O–H groups in total. The lowest BCUT2D eigenvalue weighted by Crippen LogP contribution is -2.28. The zero-order valence-electron chi connectivity index (χ0n) is 12.0. The molecule has 0 saturated carbocycles. The summed E-state index contributed by atoms with van der Waals surface area (Å²) in [5, 5.41) is 9.59. The van der Waals surface area contributed by atoms with Crippen LogP contribution >= 0.6 is 22.7 Å². The summed E-state index contributed by atoms with van der Waals surface area (Å²) in [6.07, 6.45) is 3.50. The molecule has 1 amide bonds. The third kappa shape index (κ3) is 3.92. The Hall–Kier alpha value is -1.67. The van der Waals surface area contributed by atoms with E-state index in [1.165, 1.54) is 22.7 Å². The van der Waals surface area contributed by atoms with E-state index in [1.54, 1.807) is 6.20 Å². The second-order valence-corrected chi connectivity index (χ2v) is 6.39. The van der Waals surface area contributed by atoms with Gasteiger partial charge in [0.15, 0.2) is 5.13 Å². The zero-order chi connectivity index (χ0) is 15.2. The van der Waals surface area contributed by atoms with Gasteiger partial charge in [-0.25, -0.2) is 9.97 Å². The van der Waals surface area contributed by atoms with Gasteiger partial charge in [0.1, 0.15) is 15.7 Å². The van der Waals surface area contributed by atoms with Crippen LogP contribution in [0.4, 0.5) is 10.9 Å². The van der Waals surface area contributed by atoms with Crippen molar-refractivity contribution in [2.75, 3.05) is 17.6 Å². The number of thiazole rings is 2. The standard InChI is InChI=1S/C13H19N5OS2/c1-3-5-16-13-18-10(14)9(21-13)11(19)17-8(4-2)12-15-6-7-20-12/h6-8H,3-5,14H2,1-2H3,(H,16,18)(H,17,19). The molecule has 0 radical (unpaired) electrons. The molecule has 8 heteroatoms. The molecular weight excluding hydrogens is 306 g/mol. The van der Waals surface area contributed by atoms with E-state index in [0.29, 0.717) is 10.0 Å². The molecule has 6 nitrogen and oxygen atoms in total. The number of amides is 1. The van der Waals surface area contributed by atoms with Crippen LogP contribution in [0.3, 0.4) is 0 Å². The van der Waals surface area contributed by atoms with Gasteiger partial charge in [-0.3, -0.25) is 4.79 Å². The number of nitrogen functional groups attached to an aromatic ring is 1. The van der Waals surface area contributed by atoms with Crippen molar-refractivity contribution in [3.05, 3.63) is 21.5 Å². The van der Waals surface area contributed by atoms with Crippen molar-refractivity contribution in [2.45, 2.75) is 32.7 Å². The van der Waals surface area contributed by atoms with Gasteiger partial charge in [-0.05, 0) is 12.8 Å². The Bertz CT molecular complexity index is 581. The minimum absolute atomic E-state index is 0.0916. The number of nitrogens with zero attached hydrogens (tertiary/aromatic N) is 2. The van der Waals surface area contributed by atoms with Crippen LogP contribution in [0, 0.1) is 0 Å². The van der Waals surface area contributed by atoms with Crippen LogP contribution < -0.4 is 16.4 Å². The molecule has 114 valence electrons. The quantitative estimate of drug-likeness (QED) is 0.728. The largest absolute Gasteiger partial charge is 0.382 e. The van der Waals surface area contributed by atoms with E-state index in [1.807, 2.05) is 12.3 Å². The summed E-state index contributed by atoms with van der Waals surface area (Å²) in [7, 11) is 0. The Morgan fingerprint density at radius 1 is 1.48 bits per heavy atom. The predicted molar refractivity (Wildman–Crippen MR) is 87.9 cm³/mol. The molecular formula is C13H19N5OS2. The van der Waals surface area contributed by atoms with Gasteiger partial charge in [-0.1, -0.05) is 25.2 Å². The molecule has 2 rings (SSSR count). The molecule has 21 heavy (non-hydrogen) atoms. The van der Waals surface area contributed by atoms with Crippen molar-refractivity contribution < 1.29 is 4.79 Å². The van der Waals surface area contributed by atoms with E-state index in [-0.39, 0.29) is 17.8 Å². The van der Waals surface area contributed by atoms with Gasteiger partial charge in [0, 0.05) is 18.1 Å². The van der Waals surface area contributed by atoms with E-state index in [0.717, 1.165) is 24.4 Å². The van der Waals surface area contributed by atoms with Crippen LogP contribution in [0.15, 0.2) is 11.6 Å². The first kappa shape index (κ1) is 15.7. The van der Waals surface area contributed by atoms with Crippen molar-refractivity contribution in [1.82, 2.24) is 15.3 Å². The molecule has 0 spiro atoms. The maximum atomic E-state index is 12.3. The maximum absolute atomic E-state index is 12.3. The molecule has 0 saturated heterocycles. The second-order valence-electron chi connectivity index (χ2n) is 4.46.